The van der Waals surface area contributed by atoms with Crippen LogP contribution in [0, 0.1) is 5.92 Å². The molecular formula is C15H20N2O. The predicted octanol–water partition coefficient (Wildman–Crippen LogP) is 3.02. The summed E-state index contributed by atoms with van der Waals surface area (Å²) in [5.41, 5.74) is 2.20. The van der Waals surface area contributed by atoms with Crippen LogP contribution in [0.5, 0.6) is 0 Å². The number of benzene rings is 1. The predicted molar refractivity (Wildman–Crippen MR) is 73.8 cm³/mol. The molecule has 1 aliphatic heterocycles. The molecule has 1 saturated carbocycles. The maximum Gasteiger partial charge on any atom is 0.227 e. The summed E-state index contributed by atoms with van der Waals surface area (Å²) in [5, 5.41) is 3.53. The lowest BCUT2D eigenvalue weighted by atomic mass is 9.82. The molecule has 0 aromatic heterocycles. The number of carbonyl (C=O) groups is 1. The second kappa shape index (κ2) is 4.63. The van der Waals surface area contributed by atoms with E-state index in [9.17, 15) is 4.79 Å². The van der Waals surface area contributed by atoms with Gasteiger partial charge in [0.25, 0.3) is 0 Å². The lowest BCUT2D eigenvalue weighted by Gasteiger charge is -2.34. The van der Waals surface area contributed by atoms with Gasteiger partial charge in [-0.25, -0.2) is 0 Å². The van der Waals surface area contributed by atoms with E-state index in [-0.39, 0.29) is 5.91 Å². The van der Waals surface area contributed by atoms with Gasteiger partial charge in [0.05, 0.1) is 0 Å². The number of anilines is 2. The molecule has 1 aromatic carbocycles. The van der Waals surface area contributed by atoms with Crippen molar-refractivity contribution in [1.29, 1.82) is 0 Å². The number of amides is 1. The maximum atomic E-state index is 11.6. The van der Waals surface area contributed by atoms with E-state index in [4.69, 9.17) is 0 Å². The second-order valence-electron chi connectivity index (χ2n) is 5.61. The summed E-state index contributed by atoms with van der Waals surface area (Å²) in [7, 11) is 0. The van der Waals surface area contributed by atoms with Crippen LogP contribution in [0.15, 0.2) is 24.3 Å². The Balaban J connectivity index is 1.63. The third-order valence-electron chi connectivity index (χ3n) is 4.00. The van der Waals surface area contributed by atoms with Gasteiger partial charge in [0.1, 0.15) is 0 Å². The summed E-state index contributed by atoms with van der Waals surface area (Å²) in [6.07, 6.45) is 4.22. The molecule has 1 N–H and O–H groups in total. The van der Waals surface area contributed by atoms with E-state index in [1.165, 1.54) is 18.5 Å². The molecule has 0 bridgehead atoms. The second-order valence-corrected chi connectivity index (χ2v) is 5.61. The van der Waals surface area contributed by atoms with Crippen LogP contribution < -0.4 is 10.2 Å². The minimum absolute atomic E-state index is 0.253. The van der Waals surface area contributed by atoms with Crippen molar-refractivity contribution >= 4 is 17.3 Å². The minimum Gasteiger partial charge on any atom is -0.382 e. The highest BCUT2D eigenvalue weighted by atomic mass is 16.2. The van der Waals surface area contributed by atoms with Gasteiger partial charge in [-0.1, -0.05) is 6.92 Å². The molecule has 3 nitrogen and oxygen atoms in total. The minimum atomic E-state index is 0.253. The van der Waals surface area contributed by atoms with Crippen molar-refractivity contribution in [3.05, 3.63) is 24.3 Å². The number of hydrogen-bond donors (Lipinski definition) is 1. The van der Waals surface area contributed by atoms with Crippen LogP contribution in [0.2, 0.25) is 0 Å². The molecule has 3 heteroatoms. The first-order valence-electron chi connectivity index (χ1n) is 6.89. The summed E-state index contributed by atoms with van der Waals surface area (Å²) >= 11 is 0. The Morgan fingerprint density at radius 3 is 2.50 bits per heavy atom. The molecular weight excluding hydrogens is 224 g/mol. The third-order valence-corrected chi connectivity index (χ3v) is 4.00. The van der Waals surface area contributed by atoms with E-state index in [0.717, 1.165) is 24.6 Å². The average Bonchev–Trinajstić information content (AvgIpc) is 2.75. The van der Waals surface area contributed by atoms with Crippen LogP contribution >= 0.6 is 0 Å². The third kappa shape index (κ3) is 2.22. The van der Waals surface area contributed by atoms with Gasteiger partial charge in [0, 0.05) is 30.4 Å². The van der Waals surface area contributed by atoms with E-state index >= 15 is 0 Å². The highest BCUT2D eigenvalue weighted by molar-refractivity contribution is 5.95. The first-order valence-corrected chi connectivity index (χ1v) is 6.89. The highest BCUT2D eigenvalue weighted by Crippen LogP contribution is 2.30. The summed E-state index contributed by atoms with van der Waals surface area (Å²) in [5.74, 6) is 1.12. The van der Waals surface area contributed by atoms with Gasteiger partial charge >= 0.3 is 0 Å². The van der Waals surface area contributed by atoms with Crippen molar-refractivity contribution in [2.24, 2.45) is 5.92 Å². The molecule has 18 heavy (non-hydrogen) atoms. The van der Waals surface area contributed by atoms with E-state index in [0.29, 0.717) is 12.5 Å². The van der Waals surface area contributed by atoms with Gasteiger partial charge in [-0.2, -0.15) is 0 Å². The quantitative estimate of drug-likeness (QED) is 0.886. The maximum absolute atomic E-state index is 11.6. The van der Waals surface area contributed by atoms with Crippen molar-refractivity contribution in [2.45, 2.75) is 38.6 Å². The SMILES string of the molecule is CC1CC(Nc2ccc(N3CCCC3=O)cc2)C1. The van der Waals surface area contributed by atoms with Gasteiger partial charge < -0.3 is 10.2 Å². The Morgan fingerprint density at radius 1 is 1.22 bits per heavy atom. The van der Waals surface area contributed by atoms with Crippen LogP contribution in [0.4, 0.5) is 11.4 Å². The fraction of sp³-hybridized carbons (Fsp3) is 0.533. The number of nitrogens with one attached hydrogen (secondary N) is 1. The molecule has 1 aliphatic carbocycles. The van der Waals surface area contributed by atoms with E-state index in [1.54, 1.807) is 0 Å². The van der Waals surface area contributed by atoms with E-state index < -0.39 is 0 Å². The topological polar surface area (TPSA) is 32.3 Å². The normalized spacial score (nSPS) is 27.2. The lowest BCUT2D eigenvalue weighted by molar-refractivity contribution is -0.117. The zero-order valence-corrected chi connectivity index (χ0v) is 10.9. The zero-order valence-electron chi connectivity index (χ0n) is 10.9. The molecule has 0 atom stereocenters. The Hall–Kier alpha value is -1.51. The summed E-state index contributed by atoms with van der Waals surface area (Å²) < 4.78 is 0. The fourth-order valence-electron chi connectivity index (χ4n) is 2.91. The Morgan fingerprint density at radius 2 is 1.94 bits per heavy atom. The van der Waals surface area contributed by atoms with Crippen molar-refractivity contribution in [3.8, 4) is 0 Å². The van der Waals surface area contributed by atoms with Crippen LogP contribution in [0.1, 0.15) is 32.6 Å². The van der Waals surface area contributed by atoms with Crippen LogP contribution in [-0.4, -0.2) is 18.5 Å². The van der Waals surface area contributed by atoms with Gasteiger partial charge in [0.2, 0.25) is 5.91 Å². The smallest absolute Gasteiger partial charge is 0.227 e. The monoisotopic (exact) mass is 244 g/mol. The van der Waals surface area contributed by atoms with Crippen LogP contribution in [0.25, 0.3) is 0 Å². The largest absolute Gasteiger partial charge is 0.382 e. The summed E-state index contributed by atoms with van der Waals surface area (Å²) in [4.78, 5) is 13.5. The standard InChI is InChI=1S/C15H20N2O/c1-11-9-13(10-11)16-12-4-6-14(7-5-12)17-8-2-3-15(17)18/h4-7,11,13,16H,2-3,8-10H2,1H3. The molecule has 96 valence electrons. The van der Waals surface area contributed by atoms with Crippen LogP contribution in [-0.2, 0) is 4.79 Å². The van der Waals surface area contributed by atoms with Crippen molar-refractivity contribution in [3.63, 3.8) is 0 Å². The number of nitrogens with zero attached hydrogens (tertiary/aromatic N) is 1. The molecule has 0 spiro atoms. The average molecular weight is 244 g/mol. The number of rotatable bonds is 3. The Bertz CT molecular complexity index is 434. The summed E-state index contributed by atoms with van der Waals surface area (Å²) in [6, 6.07) is 8.91. The first-order chi connectivity index (χ1) is 8.72. The molecule has 2 fully saturated rings. The van der Waals surface area contributed by atoms with E-state index in [2.05, 4.69) is 24.4 Å². The Labute approximate surface area is 108 Å². The molecule has 1 amide bonds. The molecule has 1 heterocycles. The van der Waals surface area contributed by atoms with Crippen LogP contribution in [0.3, 0.4) is 0 Å². The number of hydrogen-bond acceptors (Lipinski definition) is 2. The molecule has 3 rings (SSSR count). The van der Waals surface area contributed by atoms with E-state index in [1.807, 2.05) is 17.0 Å². The molecule has 1 aromatic rings. The van der Waals surface area contributed by atoms with Gasteiger partial charge in [-0.05, 0) is 49.4 Å². The summed E-state index contributed by atoms with van der Waals surface area (Å²) in [6.45, 7) is 3.16. The van der Waals surface area contributed by atoms with Gasteiger partial charge in [-0.15, -0.1) is 0 Å². The van der Waals surface area contributed by atoms with Gasteiger partial charge in [-0.3, -0.25) is 4.79 Å². The highest BCUT2D eigenvalue weighted by Gasteiger charge is 2.25. The number of carbonyl (C=O) groups excluding carboxylic acids is 1. The molecule has 0 radical (unpaired) electrons. The molecule has 1 saturated heterocycles. The van der Waals surface area contributed by atoms with Crippen molar-refractivity contribution in [1.82, 2.24) is 0 Å². The van der Waals surface area contributed by atoms with Crippen molar-refractivity contribution in [2.75, 3.05) is 16.8 Å². The fourth-order valence-corrected chi connectivity index (χ4v) is 2.91. The lowest BCUT2D eigenvalue weighted by Crippen LogP contribution is -2.33. The Kier molecular flexibility index (Phi) is 2.98. The molecule has 0 unspecified atom stereocenters. The van der Waals surface area contributed by atoms with Gasteiger partial charge in [0.15, 0.2) is 0 Å². The van der Waals surface area contributed by atoms with Crippen molar-refractivity contribution < 1.29 is 4.79 Å². The molecule has 2 aliphatic rings. The zero-order chi connectivity index (χ0) is 12.5. The first kappa shape index (κ1) is 11.6.